The van der Waals surface area contributed by atoms with E-state index in [0.29, 0.717) is 16.3 Å². The van der Waals surface area contributed by atoms with Crippen LogP contribution in [0.3, 0.4) is 0 Å². The van der Waals surface area contributed by atoms with Gasteiger partial charge in [-0.1, -0.05) is 35.9 Å². The van der Waals surface area contributed by atoms with E-state index in [1.165, 1.54) is 12.1 Å². The first kappa shape index (κ1) is 16.3. The molecule has 2 aromatic rings. The minimum atomic E-state index is -0.923. The van der Waals surface area contributed by atoms with Crippen LogP contribution in [-0.4, -0.2) is 17.7 Å². The summed E-state index contributed by atoms with van der Waals surface area (Å²) < 4.78 is 13.2. The molecule has 116 valence electrons. The summed E-state index contributed by atoms with van der Waals surface area (Å²) in [4.78, 5) is 11.8. The van der Waals surface area contributed by atoms with Crippen LogP contribution in [0.15, 0.2) is 42.5 Å². The third-order valence-electron chi connectivity index (χ3n) is 3.17. The van der Waals surface area contributed by atoms with Crippen LogP contribution in [0.1, 0.15) is 17.2 Å². The van der Waals surface area contributed by atoms with Crippen LogP contribution in [-0.2, 0) is 0 Å². The van der Waals surface area contributed by atoms with E-state index in [0.717, 1.165) is 5.56 Å². The minimum absolute atomic E-state index is 0.00999. The van der Waals surface area contributed by atoms with Gasteiger partial charge in [0.05, 0.1) is 6.10 Å². The van der Waals surface area contributed by atoms with Crippen LogP contribution < -0.4 is 10.6 Å². The molecular weight excluding hydrogens is 307 g/mol. The van der Waals surface area contributed by atoms with Crippen molar-refractivity contribution in [3.8, 4) is 0 Å². The Bertz CT molecular complexity index is 679. The lowest BCUT2D eigenvalue weighted by atomic mass is 10.1. The summed E-state index contributed by atoms with van der Waals surface area (Å²) in [5.74, 6) is -0.433. The maximum absolute atomic E-state index is 13.2. The van der Waals surface area contributed by atoms with Gasteiger partial charge in [-0.05, 0) is 30.7 Å². The van der Waals surface area contributed by atoms with E-state index in [-0.39, 0.29) is 6.54 Å². The summed E-state index contributed by atoms with van der Waals surface area (Å²) in [5, 5.41) is 15.5. The number of halogens is 2. The van der Waals surface area contributed by atoms with Gasteiger partial charge in [0.15, 0.2) is 0 Å². The first-order chi connectivity index (χ1) is 10.5. The summed E-state index contributed by atoms with van der Waals surface area (Å²) in [6.07, 6.45) is -0.923. The van der Waals surface area contributed by atoms with Crippen molar-refractivity contribution in [1.82, 2.24) is 5.32 Å². The fraction of sp³-hybridized carbons (Fsp3) is 0.188. The highest BCUT2D eigenvalue weighted by molar-refractivity contribution is 6.31. The summed E-state index contributed by atoms with van der Waals surface area (Å²) in [7, 11) is 0. The molecule has 0 radical (unpaired) electrons. The molecule has 3 N–H and O–H groups in total. The molecule has 0 fully saturated rings. The molecule has 2 amide bonds. The van der Waals surface area contributed by atoms with E-state index in [1.807, 2.05) is 0 Å². The molecule has 0 bridgehead atoms. The highest BCUT2D eigenvalue weighted by Crippen LogP contribution is 2.22. The van der Waals surface area contributed by atoms with Crippen molar-refractivity contribution in [3.63, 3.8) is 0 Å². The van der Waals surface area contributed by atoms with Crippen LogP contribution in [0.4, 0.5) is 14.9 Å². The number of hydrogen-bond donors (Lipinski definition) is 3. The second kappa shape index (κ2) is 7.24. The molecule has 1 atom stereocenters. The van der Waals surface area contributed by atoms with Crippen molar-refractivity contribution < 1.29 is 14.3 Å². The Labute approximate surface area is 132 Å². The van der Waals surface area contributed by atoms with E-state index in [4.69, 9.17) is 11.6 Å². The van der Waals surface area contributed by atoms with Crippen LogP contribution in [0.25, 0.3) is 0 Å². The standard InChI is InChI=1S/C16H16ClFN2O2/c1-10-6-7-11(18)8-14(10)20-16(22)19-9-15(21)12-4-2-3-5-13(12)17/h2-8,15,21H,9H2,1H3,(H2,19,20,22). The fourth-order valence-corrected chi connectivity index (χ4v) is 2.20. The third-order valence-corrected chi connectivity index (χ3v) is 3.51. The number of aryl methyl sites for hydroxylation is 1. The molecule has 0 aliphatic heterocycles. The molecule has 0 saturated carbocycles. The van der Waals surface area contributed by atoms with Gasteiger partial charge in [-0.15, -0.1) is 0 Å². The van der Waals surface area contributed by atoms with Gasteiger partial charge in [-0.3, -0.25) is 0 Å². The van der Waals surface area contributed by atoms with Crippen molar-refractivity contribution in [2.45, 2.75) is 13.0 Å². The molecule has 2 aromatic carbocycles. The molecule has 0 heterocycles. The average Bonchev–Trinajstić information content (AvgIpc) is 2.49. The Morgan fingerprint density at radius 3 is 2.77 bits per heavy atom. The number of anilines is 1. The molecular formula is C16H16ClFN2O2. The number of amides is 2. The van der Waals surface area contributed by atoms with Crippen LogP contribution in [0.5, 0.6) is 0 Å². The fourth-order valence-electron chi connectivity index (χ4n) is 1.94. The van der Waals surface area contributed by atoms with Crippen molar-refractivity contribution in [3.05, 3.63) is 64.4 Å². The van der Waals surface area contributed by atoms with Gasteiger partial charge < -0.3 is 15.7 Å². The van der Waals surface area contributed by atoms with Gasteiger partial charge in [-0.2, -0.15) is 0 Å². The van der Waals surface area contributed by atoms with E-state index in [2.05, 4.69) is 10.6 Å². The predicted octanol–water partition coefficient (Wildman–Crippen LogP) is 3.64. The first-order valence-electron chi connectivity index (χ1n) is 6.71. The van der Waals surface area contributed by atoms with Crippen molar-refractivity contribution in [2.75, 3.05) is 11.9 Å². The lowest BCUT2D eigenvalue weighted by Crippen LogP contribution is -2.32. The maximum Gasteiger partial charge on any atom is 0.319 e. The Hall–Kier alpha value is -2.11. The lowest BCUT2D eigenvalue weighted by Gasteiger charge is -2.15. The Morgan fingerprint density at radius 2 is 2.05 bits per heavy atom. The second-order valence-corrected chi connectivity index (χ2v) is 5.24. The molecule has 6 heteroatoms. The number of hydrogen-bond acceptors (Lipinski definition) is 2. The smallest absolute Gasteiger partial charge is 0.319 e. The van der Waals surface area contributed by atoms with Gasteiger partial charge in [-0.25, -0.2) is 9.18 Å². The highest BCUT2D eigenvalue weighted by atomic mass is 35.5. The Balaban J connectivity index is 1.93. The van der Waals surface area contributed by atoms with E-state index in [9.17, 15) is 14.3 Å². The quantitative estimate of drug-likeness (QED) is 0.804. The molecule has 0 spiro atoms. The van der Waals surface area contributed by atoms with Gasteiger partial charge in [0.1, 0.15) is 5.82 Å². The zero-order valence-electron chi connectivity index (χ0n) is 11.9. The van der Waals surface area contributed by atoms with E-state index in [1.54, 1.807) is 37.3 Å². The summed E-state index contributed by atoms with van der Waals surface area (Å²) in [5.41, 5.74) is 1.65. The lowest BCUT2D eigenvalue weighted by molar-refractivity contribution is 0.175. The first-order valence-corrected chi connectivity index (χ1v) is 7.08. The number of nitrogens with one attached hydrogen (secondary N) is 2. The van der Waals surface area contributed by atoms with E-state index >= 15 is 0 Å². The number of carbonyl (C=O) groups excluding carboxylic acids is 1. The second-order valence-electron chi connectivity index (χ2n) is 4.83. The minimum Gasteiger partial charge on any atom is -0.387 e. The molecule has 0 aliphatic rings. The number of urea groups is 1. The summed E-state index contributed by atoms with van der Waals surface area (Å²) in [6.45, 7) is 1.75. The van der Waals surface area contributed by atoms with Gasteiger partial charge in [0.25, 0.3) is 0 Å². The predicted molar refractivity (Wildman–Crippen MR) is 84.6 cm³/mol. The normalized spacial score (nSPS) is 11.8. The number of rotatable bonds is 4. The van der Waals surface area contributed by atoms with Crippen molar-refractivity contribution >= 4 is 23.3 Å². The zero-order valence-corrected chi connectivity index (χ0v) is 12.7. The number of aliphatic hydroxyl groups is 1. The maximum atomic E-state index is 13.2. The topological polar surface area (TPSA) is 61.4 Å². The third kappa shape index (κ3) is 4.19. The van der Waals surface area contributed by atoms with Crippen molar-refractivity contribution in [2.24, 2.45) is 0 Å². The molecule has 0 saturated heterocycles. The largest absolute Gasteiger partial charge is 0.387 e. The highest BCUT2D eigenvalue weighted by Gasteiger charge is 2.13. The summed E-state index contributed by atoms with van der Waals surface area (Å²) >= 11 is 5.97. The SMILES string of the molecule is Cc1ccc(F)cc1NC(=O)NCC(O)c1ccccc1Cl. The molecule has 4 nitrogen and oxygen atoms in total. The van der Waals surface area contributed by atoms with Crippen LogP contribution in [0, 0.1) is 12.7 Å². The zero-order chi connectivity index (χ0) is 16.1. The Morgan fingerprint density at radius 1 is 1.32 bits per heavy atom. The van der Waals surface area contributed by atoms with Gasteiger partial charge in [0, 0.05) is 22.8 Å². The molecule has 2 rings (SSSR count). The van der Waals surface area contributed by atoms with Gasteiger partial charge >= 0.3 is 6.03 Å². The number of benzene rings is 2. The average molecular weight is 323 g/mol. The molecule has 0 aromatic heterocycles. The van der Waals surface area contributed by atoms with Crippen LogP contribution in [0.2, 0.25) is 5.02 Å². The van der Waals surface area contributed by atoms with Gasteiger partial charge in [0.2, 0.25) is 0 Å². The number of carbonyl (C=O) groups is 1. The van der Waals surface area contributed by atoms with E-state index < -0.39 is 18.0 Å². The molecule has 1 unspecified atom stereocenters. The molecule has 0 aliphatic carbocycles. The number of aliphatic hydroxyl groups excluding tert-OH is 1. The van der Waals surface area contributed by atoms with Crippen LogP contribution >= 0.6 is 11.6 Å². The Kier molecular flexibility index (Phi) is 5.35. The van der Waals surface area contributed by atoms with Crippen molar-refractivity contribution in [1.29, 1.82) is 0 Å². The summed E-state index contributed by atoms with van der Waals surface area (Å²) in [6, 6.07) is 10.5. The monoisotopic (exact) mass is 322 g/mol. The molecule has 22 heavy (non-hydrogen) atoms.